The Kier molecular flexibility index (Phi) is 2.43. The number of nitrogens with zero attached hydrogens (tertiary/aromatic N) is 1. The Morgan fingerprint density at radius 1 is 1.00 bits per heavy atom. The normalized spacial score (nSPS) is 10.7. The lowest BCUT2D eigenvalue weighted by molar-refractivity contribution is 1.05. The number of aromatic nitrogens is 1. The van der Waals surface area contributed by atoms with Gasteiger partial charge in [-0.15, -0.1) is 0 Å². The van der Waals surface area contributed by atoms with Gasteiger partial charge in [-0.25, -0.2) is 0 Å². The van der Waals surface area contributed by atoms with Crippen LogP contribution in [0.15, 0.2) is 30.5 Å². The van der Waals surface area contributed by atoms with Gasteiger partial charge in [0, 0.05) is 24.7 Å². The molecule has 72 valence electrons. The molecule has 0 aliphatic rings. The molecule has 0 unspecified atom stereocenters. The topological polar surface area (TPSA) is 64.9 Å². The number of benzene rings is 1. The van der Waals surface area contributed by atoms with Crippen LogP contribution in [-0.2, 0) is 13.1 Å². The summed E-state index contributed by atoms with van der Waals surface area (Å²) in [5.74, 6) is 0. The Balaban J connectivity index is 2.81. The fourth-order valence-corrected chi connectivity index (χ4v) is 1.70. The van der Waals surface area contributed by atoms with Crippen molar-refractivity contribution in [2.24, 2.45) is 11.5 Å². The molecule has 0 aliphatic heterocycles. The van der Waals surface area contributed by atoms with Crippen molar-refractivity contribution in [1.82, 2.24) is 4.98 Å². The molecule has 0 atom stereocenters. The molecule has 0 amide bonds. The lowest BCUT2D eigenvalue weighted by atomic mass is 10.0. The molecule has 4 N–H and O–H groups in total. The van der Waals surface area contributed by atoms with Gasteiger partial charge in [-0.05, 0) is 23.3 Å². The Morgan fingerprint density at radius 3 is 2.43 bits per heavy atom. The predicted octanol–water partition coefficient (Wildman–Crippen LogP) is 1.15. The van der Waals surface area contributed by atoms with E-state index < -0.39 is 0 Å². The summed E-state index contributed by atoms with van der Waals surface area (Å²) in [7, 11) is 0. The highest BCUT2D eigenvalue weighted by molar-refractivity contribution is 5.85. The summed E-state index contributed by atoms with van der Waals surface area (Å²) in [6.45, 7) is 1.05. The molecule has 14 heavy (non-hydrogen) atoms. The van der Waals surface area contributed by atoms with Gasteiger partial charge in [-0.3, -0.25) is 4.98 Å². The van der Waals surface area contributed by atoms with Crippen molar-refractivity contribution in [2.45, 2.75) is 13.1 Å². The van der Waals surface area contributed by atoms with Gasteiger partial charge in [-0.2, -0.15) is 0 Å². The number of nitrogens with two attached hydrogens (primary N) is 2. The minimum Gasteiger partial charge on any atom is -0.326 e. The molecule has 0 spiro atoms. The Hall–Kier alpha value is -1.45. The van der Waals surface area contributed by atoms with Crippen LogP contribution in [-0.4, -0.2) is 4.98 Å². The van der Waals surface area contributed by atoms with Gasteiger partial charge in [-0.1, -0.05) is 12.1 Å². The van der Waals surface area contributed by atoms with Crippen LogP contribution in [0.25, 0.3) is 10.9 Å². The standard InChI is InChI=1S/C11H13N3/c12-6-8-2-1-3-10-11(8)9(7-13)4-5-14-10/h1-5H,6-7,12-13H2. The van der Waals surface area contributed by atoms with Crippen LogP contribution in [0.1, 0.15) is 11.1 Å². The first-order valence-corrected chi connectivity index (χ1v) is 4.62. The van der Waals surface area contributed by atoms with Crippen molar-refractivity contribution in [2.75, 3.05) is 0 Å². The monoisotopic (exact) mass is 187 g/mol. The van der Waals surface area contributed by atoms with E-state index in [2.05, 4.69) is 4.98 Å². The second kappa shape index (κ2) is 3.74. The summed E-state index contributed by atoms with van der Waals surface area (Å²) < 4.78 is 0. The van der Waals surface area contributed by atoms with Gasteiger partial charge < -0.3 is 11.5 Å². The van der Waals surface area contributed by atoms with Crippen molar-refractivity contribution in [3.8, 4) is 0 Å². The molecule has 1 heterocycles. The van der Waals surface area contributed by atoms with Crippen molar-refractivity contribution in [3.63, 3.8) is 0 Å². The maximum atomic E-state index is 5.67. The number of rotatable bonds is 2. The highest BCUT2D eigenvalue weighted by atomic mass is 14.7. The number of hydrogen-bond donors (Lipinski definition) is 2. The smallest absolute Gasteiger partial charge is 0.0708 e. The van der Waals surface area contributed by atoms with Crippen molar-refractivity contribution >= 4 is 10.9 Å². The first-order valence-electron chi connectivity index (χ1n) is 4.62. The minimum atomic E-state index is 0.524. The maximum Gasteiger partial charge on any atom is 0.0708 e. The Labute approximate surface area is 82.7 Å². The third-order valence-electron chi connectivity index (χ3n) is 2.38. The summed E-state index contributed by atoms with van der Waals surface area (Å²) >= 11 is 0. The molecule has 2 aromatic rings. The lowest BCUT2D eigenvalue weighted by Crippen LogP contribution is -2.03. The molecule has 0 fully saturated rings. The SMILES string of the molecule is NCc1cccc2nccc(CN)c12. The van der Waals surface area contributed by atoms with Gasteiger partial charge in [0.15, 0.2) is 0 Å². The predicted molar refractivity (Wildman–Crippen MR) is 57.5 cm³/mol. The van der Waals surface area contributed by atoms with E-state index in [1.807, 2.05) is 24.3 Å². The molecule has 3 nitrogen and oxygen atoms in total. The van der Waals surface area contributed by atoms with Crippen LogP contribution in [0.5, 0.6) is 0 Å². The zero-order valence-corrected chi connectivity index (χ0v) is 7.90. The van der Waals surface area contributed by atoms with E-state index in [4.69, 9.17) is 11.5 Å². The largest absolute Gasteiger partial charge is 0.326 e. The molecular formula is C11H13N3. The van der Waals surface area contributed by atoms with Crippen LogP contribution in [0.4, 0.5) is 0 Å². The fourth-order valence-electron chi connectivity index (χ4n) is 1.70. The zero-order valence-electron chi connectivity index (χ0n) is 7.90. The number of fused-ring (bicyclic) bond motifs is 1. The number of pyridine rings is 1. The van der Waals surface area contributed by atoms with E-state index in [1.165, 1.54) is 0 Å². The molecule has 0 aliphatic carbocycles. The summed E-state index contributed by atoms with van der Waals surface area (Å²) in [6, 6.07) is 7.91. The van der Waals surface area contributed by atoms with Crippen molar-refractivity contribution in [1.29, 1.82) is 0 Å². The Bertz CT molecular complexity index is 412. The van der Waals surface area contributed by atoms with E-state index in [0.29, 0.717) is 13.1 Å². The second-order valence-electron chi connectivity index (χ2n) is 3.19. The third kappa shape index (κ3) is 1.36. The first kappa shape index (κ1) is 9.12. The molecule has 2 rings (SSSR count). The lowest BCUT2D eigenvalue weighted by Gasteiger charge is -2.07. The highest BCUT2D eigenvalue weighted by Gasteiger charge is 2.04. The maximum absolute atomic E-state index is 5.67. The van der Waals surface area contributed by atoms with E-state index in [1.54, 1.807) is 6.20 Å². The van der Waals surface area contributed by atoms with Gasteiger partial charge in [0.25, 0.3) is 0 Å². The minimum absolute atomic E-state index is 0.524. The van der Waals surface area contributed by atoms with E-state index in [0.717, 1.165) is 22.0 Å². The van der Waals surface area contributed by atoms with Crippen molar-refractivity contribution < 1.29 is 0 Å². The van der Waals surface area contributed by atoms with Gasteiger partial charge in [0.2, 0.25) is 0 Å². The van der Waals surface area contributed by atoms with Crippen molar-refractivity contribution in [3.05, 3.63) is 41.6 Å². The van der Waals surface area contributed by atoms with Gasteiger partial charge >= 0.3 is 0 Å². The molecule has 0 radical (unpaired) electrons. The second-order valence-corrected chi connectivity index (χ2v) is 3.19. The zero-order chi connectivity index (χ0) is 9.97. The number of hydrogen-bond acceptors (Lipinski definition) is 3. The molecule has 1 aromatic carbocycles. The van der Waals surface area contributed by atoms with Gasteiger partial charge in [0.1, 0.15) is 0 Å². The molecule has 0 saturated heterocycles. The van der Waals surface area contributed by atoms with Crippen LogP contribution in [0.2, 0.25) is 0 Å². The molecule has 3 heteroatoms. The summed E-state index contributed by atoms with van der Waals surface area (Å²) in [5.41, 5.74) is 14.5. The summed E-state index contributed by atoms with van der Waals surface area (Å²) in [4.78, 5) is 4.29. The molecule has 0 bridgehead atoms. The average Bonchev–Trinajstić information content (AvgIpc) is 2.27. The fraction of sp³-hybridized carbons (Fsp3) is 0.182. The van der Waals surface area contributed by atoms with E-state index in [-0.39, 0.29) is 0 Å². The van der Waals surface area contributed by atoms with Crippen LogP contribution >= 0.6 is 0 Å². The van der Waals surface area contributed by atoms with Gasteiger partial charge in [0.05, 0.1) is 5.52 Å². The third-order valence-corrected chi connectivity index (χ3v) is 2.38. The van der Waals surface area contributed by atoms with E-state index in [9.17, 15) is 0 Å². The van der Waals surface area contributed by atoms with E-state index >= 15 is 0 Å². The highest BCUT2D eigenvalue weighted by Crippen LogP contribution is 2.20. The summed E-state index contributed by atoms with van der Waals surface area (Å²) in [5, 5.41) is 1.11. The summed E-state index contributed by atoms with van der Waals surface area (Å²) in [6.07, 6.45) is 1.78. The molecule has 1 aromatic heterocycles. The van der Waals surface area contributed by atoms with Crippen LogP contribution in [0.3, 0.4) is 0 Å². The quantitative estimate of drug-likeness (QED) is 0.741. The van der Waals surface area contributed by atoms with Crippen LogP contribution < -0.4 is 11.5 Å². The average molecular weight is 187 g/mol. The first-order chi connectivity index (χ1) is 6.86. The van der Waals surface area contributed by atoms with Crippen LogP contribution in [0, 0.1) is 0 Å². The molecule has 0 saturated carbocycles. The molecular weight excluding hydrogens is 174 g/mol. The Morgan fingerprint density at radius 2 is 1.71 bits per heavy atom.